The zero-order chi connectivity index (χ0) is 18.0. The van der Waals surface area contributed by atoms with Gasteiger partial charge in [0.15, 0.2) is 23.9 Å². The number of rotatable bonds is 7. The first kappa shape index (κ1) is 18.1. The van der Waals surface area contributed by atoms with Gasteiger partial charge in [-0.2, -0.15) is 4.73 Å². The lowest BCUT2D eigenvalue weighted by Crippen LogP contribution is -2.25. The largest absolute Gasteiger partial charge is 0.619 e. The first-order valence-corrected chi connectivity index (χ1v) is 8.79. The Morgan fingerprint density at radius 3 is 2.52 bits per heavy atom. The van der Waals surface area contributed by atoms with E-state index in [0.29, 0.717) is 39.9 Å². The van der Waals surface area contributed by atoms with Crippen LogP contribution in [-0.2, 0) is 6.42 Å². The van der Waals surface area contributed by atoms with E-state index in [1.54, 1.807) is 25.3 Å². The fraction of sp³-hybridized carbons (Fsp3) is 0.389. The van der Waals surface area contributed by atoms with E-state index in [2.05, 4.69) is 0 Å². The minimum atomic E-state index is -0.841. The standard InChI is InChI=1S/C18H19Cl2NO4/c1-24-17-5-4-12(6-18(17)25-10-11-2-3-11)16(22)7-13-14(19)8-21(23)9-15(13)20/h4-6,8-9,11,16,22H,2-3,7,10H2,1H3. The summed E-state index contributed by atoms with van der Waals surface area (Å²) in [6.45, 7) is 0.649. The number of halogens is 2. The molecule has 1 fully saturated rings. The molecule has 2 aromatic rings. The third-order valence-electron chi connectivity index (χ3n) is 4.20. The summed E-state index contributed by atoms with van der Waals surface area (Å²) in [5.74, 6) is 1.84. The first-order chi connectivity index (χ1) is 12.0. The second kappa shape index (κ2) is 7.68. The van der Waals surface area contributed by atoms with Gasteiger partial charge in [0.05, 0.1) is 19.8 Å². The van der Waals surface area contributed by atoms with E-state index in [1.807, 2.05) is 0 Å². The van der Waals surface area contributed by atoms with Gasteiger partial charge in [-0.05, 0) is 36.5 Å². The highest BCUT2D eigenvalue weighted by Crippen LogP contribution is 2.35. The predicted molar refractivity (Wildman–Crippen MR) is 95.3 cm³/mol. The molecule has 1 aliphatic carbocycles. The van der Waals surface area contributed by atoms with Crippen molar-refractivity contribution < 1.29 is 19.3 Å². The summed E-state index contributed by atoms with van der Waals surface area (Å²) in [7, 11) is 1.58. The lowest BCUT2D eigenvalue weighted by molar-refractivity contribution is -0.605. The number of aromatic nitrogens is 1. The van der Waals surface area contributed by atoms with Gasteiger partial charge in [0.2, 0.25) is 0 Å². The molecule has 1 aromatic heterocycles. The number of hydrogen-bond donors (Lipinski definition) is 1. The molecule has 0 amide bonds. The number of aliphatic hydroxyl groups is 1. The summed E-state index contributed by atoms with van der Waals surface area (Å²) in [4.78, 5) is 0. The fourth-order valence-corrected chi connectivity index (χ4v) is 3.14. The van der Waals surface area contributed by atoms with Gasteiger partial charge in [0.25, 0.3) is 0 Å². The van der Waals surface area contributed by atoms with E-state index in [-0.39, 0.29) is 16.5 Å². The molecule has 134 valence electrons. The molecule has 1 heterocycles. The highest BCUT2D eigenvalue weighted by molar-refractivity contribution is 6.35. The third-order valence-corrected chi connectivity index (χ3v) is 4.85. The maximum atomic E-state index is 11.3. The Morgan fingerprint density at radius 1 is 1.24 bits per heavy atom. The minimum Gasteiger partial charge on any atom is -0.619 e. The van der Waals surface area contributed by atoms with Crippen molar-refractivity contribution in [2.24, 2.45) is 5.92 Å². The van der Waals surface area contributed by atoms with Gasteiger partial charge in [-0.25, -0.2) is 0 Å². The van der Waals surface area contributed by atoms with Crippen LogP contribution in [0.15, 0.2) is 30.6 Å². The van der Waals surface area contributed by atoms with E-state index in [0.717, 1.165) is 0 Å². The van der Waals surface area contributed by atoms with Crippen molar-refractivity contribution in [3.05, 3.63) is 57.0 Å². The van der Waals surface area contributed by atoms with E-state index in [9.17, 15) is 10.3 Å². The molecule has 1 atom stereocenters. The third kappa shape index (κ3) is 4.48. The highest BCUT2D eigenvalue weighted by Gasteiger charge is 2.23. The van der Waals surface area contributed by atoms with Gasteiger partial charge in [-0.1, -0.05) is 29.3 Å². The summed E-state index contributed by atoms with van der Waals surface area (Å²) in [5.41, 5.74) is 1.19. The van der Waals surface area contributed by atoms with Crippen molar-refractivity contribution in [3.8, 4) is 11.5 Å². The van der Waals surface area contributed by atoms with Gasteiger partial charge in [0.1, 0.15) is 10.0 Å². The van der Waals surface area contributed by atoms with Crippen molar-refractivity contribution in [2.75, 3.05) is 13.7 Å². The molecule has 0 spiro atoms. The van der Waals surface area contributed by atoms with Gasteiger partial charge < -0.3 is 19.8 Å². The molecule has 7 heteroatoms. The van der Waals surface area contributed by atoms with E-state index >= 15 is 0 Å². The van der Waals surface area contributed by atoms with Crippen molar-refractivity contribution >= 4 is 23.2 Å². The molecule has 25 heavy (non-hydrogen) atoms. The number of benzene rings is 1. The van der Waals surface area contributed by atoms with Crippen LogP contribution in [0.5, 0.6) is 11.5 Å². The molecule has 1 aromatic carbocycles. The molecular weight excluding hydrogens is 365 g/mol. The molecule has 0 bridgehead atoms. The average Bonchev–Trinajstić information content (AvgIpc) is 3.40. The lowest BCUT2D eigenvalue weighted by atomic mass is 10.0. The minimum absolute atomic E-state index is 0.187. The molecule has 1 unspecified atom stereocenters. The van der Waals surface area contributed by atoms with Gasteiger partial charge in [-0.3, -0.25) is 0 Å². The second-order valence-corrected chi connectivity index (χ2v) is 6.99. The summed E-state index contributed by atoms with van der Waals surface area (Å²) < 4.78 is 11.7. The lowest BCUT2D eigenvalue weighted by Gasteiger charge is -2.16. The van der Waals surface area contributed by atoms with Crippen LogP contribution in [0, 0.1) is 11.1 Å². The van der Waals surface area contributed by atoms with Crippen molar-refractivity contribution in [2.45, 2.75) is 25.4 Å². The van der Waals surface area contributed by atoms with Crippen LogP contribution < -0.4 is 14.2 Å². The second-order valence-electron chi connectivity index (χ2n) is 6.18. The molecule has 1 N–H and O–H groups in total. The molecule has 0 aliphatic heterocycles. The zero-order valence-electron chi connectivity index (χ0n) is 13.7. The molecular formula is C18H19Cl2NO4. The Morgan fingerprint density at radius 2 is 1.92 bits per heavy atom. The Bertz CT molecular complexity index is 742. The normalized spacial score (nSPS) is 15.0. The number of methoxy groups -OCH3 is 1. The number of ether oxygens (including phenoxy) is 2. The molecule has 1 saturated carbocycles. The Hall–Kier alpha value is -1.69. The molecule has 5 nitrogen and oxygen atoms in total. The number of aliphatic hydroxyl groups excluding tert-OH is 1. The first-order valence-electron chi connectivity index (χ1n) is 8.03. The highest BCUT2D eigenvalue weighted by atomic mass is 35.5. The van der Waals surface area contributed by atoms with Crippen LogP contribution in [0.25, 0.3) is 0 Å². The Labute approximate surface area is 156 Å². The zero-order valence-corrected chi connectivity index (χ0v) is 15.3. The van der Waals surface area contributed by atoms with Crippen LogP contribution in [-0.4, -0.2) is 18.8 Å². The quantitative estimate of drug-likeness (QED) is 0.584. The van der Waals surface area contributed by atoms with Gasteiger partial charge in [0, 0.05) is 12.0 Å². The monoisotopic (exact) mass is 383 g/mol. The molecule has 0 radical (unpaired) electrons. The number of pyridine rings is 1. The van der Waals surface area contributed by atoms with Crippen molar-refractivity contribution in [1.82, 2.24) is 0 Å². The smallest absolute Gasteiger partial charge is 0.199 e. The summed E-state index contributed by atoms with van der Waals surface area (Å²) in [6.07, 6.45) is 4.16. The topological polar surface area (TPSA) is 65.6 Å². The van der Waals surface area contributed by atoms with Crippen LogP contribution in [0.1, 0.15) is 30.1 Å². The summed E-state index contributed by atoms with van der Waals surface area (Å²) >= 11 is 12.2. The Kier molecular flexibility index (Phi) is 5.57. The Balaban J connectivity index is 1.79. The maximum Gasteiger partial charge on any atom is 0.199 e. The van der Waals surface area contributed by atoms with Crippen LogP contribution in [0.3, 0.4) is 0 Å². The van der Waals surface area contributed by atoms with Gasteiger partial charge in [-0.15, -0.1) is 0 Å². The molecule has 0 saturated heterocycles. The average molecular weight is 384 g/mol. The SMILES string of the molecule is COc1ccc(C(O)Cc2c(Cl)c[n+]([O-])cc2Cl)cc1OCC1CC1. The number of nitrogens with zero attached hydrogens (tertiary/aromatic N) is 1. The van der Waals surface area contributed by atoms with Crippen molar-refractivity contribution in [1.29, 1.82) is 0 Å². The summed E-state index contributed by atoms with van der Waals surface area (Å²) in [6, 6.07) is 5.30. The van der Waals surface area contributed by atoms with E-state index < -0.39 is 6.10 Å². The maximum absolute atomic E-state index is 11.3. The van der Waals surface area contributed by atoms with Gasteiger partial charge >= 0.3 is 0 Å². The molecule has 3 rings (SSSR count). The fourth-order valence-electron chi connectivity index (χ4n) is 2.54. The number of hydrogen-bond acceptors (Lipinski definition) is 4. The van der Waals surface area contributed by atoms with E-state index in [1.165, 1.54) is 25.2 Å². The van der Waals surface area contributed by atoms with Crippen molar-refractivity contribution in [3.63, 3.8) is 0 Å². The predicted octanol–water partition coefficient (Wildman–Crippen LogP) is 3.70. The van der Waals surface area contributed by atoms with Crippen LogP contribution >= 0.6 is 23.2 Å². The van der Waals surface area contributed by atoms with Crippen LogP contribution in [0.2, 0.25) is 10.0 Å². The van der Waals surface area contributed by atoms with E-state index in [4.69, 9.17) is 32.7 Å². The molecule has 1 aliphatic rings. The summed E-state index contributed by atoms with van der Waals surface area (Å²) in [5, 5.41) is 22.3. The van der Waals surface area contributed by atoms with Crippen LogP contribution in [0.4, 0.5) is 0 Å².